The van der Waals surface area contributed by atoms with Crippen LogP contribution in [0.15, 0.2) is 24.3 Å². The smallest absolute Gasteiger partial charge is 0.133 e. The van der Waals surface area contributed by atoms with Crippen molar-refractivity contribution < 1.29 is 4.79 Å². The predicted molar refractivity (Wildman–Crippen MR) is 62.0 cm³/mol. The number of rotatable bonds is 2. The Bertz CT molecular complexity index is 424. The van der Waals surface area contributed by atoms with Crippen LogP contribution in [0.3, 0.4) is 0 Å². The molecule has 0 unspecified atom stereocenters. The molecule has 2 rings (SSSR count). The summed E-state index contributed by atoms with van der Waals surface area (Å²) in [6.45, 7) is 0. The lowest BCUT2D eigenvalue weighted by molar-refractivity contribution is -0.120. The van der Waals surface area contributed by atoms with Crippen LogP contribution in [0.1, 0.15) is 31.2 Å². The van der Waals surface area contributed by atoms with E-state index in [1.807, 2.05) is 18.2 Å². The molecule has 0 aliphatic heterocycles. The molecular weight excluding hydrogens is 200 g/mol. The molecule has 3 heteroatoms. The zero-order valence-corrected chi connectivity index (χ0v) is 9.07. The van der Waals surface area contributed by atoms with Gasteiger partial charge < -0.3 is 5.32 Å². The molecule has 1 aliphatic carbocycles. The largest absolute Gasteiger partial charge is 0.382 e. The van der Waals surface area contributed by atoms with E-state index in [4.69, 9.17) is 5.26 Å². The van der Waals surface area contributed by atoms with Crippen molar-refractivity contribution in [2.24, 2.45) is 0 Å². The highest BCUT2D eigenvalue weighted by Crippen LogP contribution is 2.20. The molecule has 0 bridgehead atoms. The summed E-state index contributed by atoms with van der Waals surface area (Å²) in [4.78, 5) is 11.1. The van der Waals surface area contributed by atoms with Crippen LogP contribution < -0.4 is 5.32 Å². The van der Waals surface area contributed by atoms with Gasteiger partial charge in [-0.2, -0.15) is 5.26 Å². The third kappa shape index (κ3) is 2.60. The van der Waals surface area contributed by atoms with E-state index in [0.29, 0.717) is 30.2 Å². The van der Waals surface area contributed by atoms with Gasteiger partial charge >= 0.3 is 0 Å². The number of anilines is 1. The first-order valence-corrected chi connectivity index (χ1v) is 5.56. The van der Waals surface area contributed by atoms with E-state index in [9.17, 15) is 4.79 Å². The number of nitrogens with one attached hydrogen (secondary N) is 1. The number of nitrogens with zero attached hydrogens (tertiary/aromatic N) is 1. The second-order valence-electron chi connectivity index (χ2n) is 4.15. The molecule has 0 radical (unpaired) electrons. The molecule has 1 aromatic rings. The lowest BCUT2D eigenvalue weighted by atomic mass is 9.94. The molecule has 0 heterocycles. The van der Waals surface area contributed by atoms with Gasteiger partial charge in [0, 0.05) is 24.6 Å². The molecule has 3 nitrogen and oxygen atoms in total. The summed E-state index contributed by atoms with van der Waals surface area (Å²) in [5.41, 5.74) is 1.63. The number of benzene rings is 1. The molecule has 0 spiro atoms. The summed E-state index contributed by atoms with van der Waals surface area (Å²) in [5.74, 6) is 0.365. The van der Waals surface area contributed by atoms with Crippen LogP contribution in [-0.4, -0.2) is 11.8 Å². The van der Waals surface area contributed by atoms with Crippen LogP contribution in [0.5, 0.6) is 0 Å². The van der Waals surface area contributed by atoms with Gasteiger partial charge in [0.25, 0.3) is 0 Å². The van der Waals surface area contributed by atoms with Gasteiger partial charge in [-0.3, -0.25) is 4.79 Å². The van der Waals surface area contributed by atoms with Crippen LogP contribution in [0.2, 0.25) is 0 Å². The number of hydrogen-bond donors (Lipinski definition) is 1. The second kappa shape index (κ2) is 4.80. The SMILES string of the molecule is N#Cc1cccc(NC2CCC(=O)CC2)c1. The van der Waals surface area contributed by atoms with Gasteiger partial charge in [-0.25, -0.2) is 0 Å². The summed E-state index contributed by atoms with van der Waals surface area (Å²) >= 11 is 0. The zero-order valence-electron chi connectivity index (χ0n) is 9.07. The molecule has 0 amide bonds. The Morgan fingerprint density at radius 1 is 1.31 bits per heavy atom. The topological polar surface area (TPSA) is 52.9 Å². The van der Waals surface area contributed by atoms with Crippen molar-refractivity contribution in [3.8, 4) is 6.07 Å². The minimum absolute atomic E-state index is 0.365. The number of carbonyl (C=O) groups is 1. The Kier molecular flexibility index (Phi) is 3.21. The van der Waals surface area contributed by atoms with Crippen LogP contribution in [0.25, 0.3) is 0 Å². The van der Waals surface area contributed by atoms with Gasteiger partial charge in [-0.1, -0.05) is 6.07 Å². The van der Waals surface area contributed by atoms with E-state index in [1.165, 1.54) is 0 Å². The normalized spacial score (nSPS) is 16.8. The van der Waals surface area contributed by atoms with Crippen molar-refractivity contribution in [1.82, 2.24) is 0 Å². The third-order valence-corrected chi connectivity index (χ3v) is 2.91. The molecule has 1 aromatic carbocycles. The maximum absolute atomic E-state index is 11.1. The molecule has 0 atom stereocenters. The Hall–Kier alpha value is -1.82. The van der Waals surface area contributed by atoms with E-state index >= 15 is 0 Å². The summed E-state index contributed by atoms with van der Waals surface area (Å²) in [6, 6.07) is 9.94. The van der Waals surface area contributed by atoms with E-state index in [0.717, 1.165) is 18.5 Å². The number of nitriles is 1. The standard InChI is InChI=1S/C13H14N2O/c14-9-10-2-1-3-12(8-10)15-11-4-6-13(16)7-5-11/h1-3,8,11,15H,4-7H2. The van der Waals surface area contributed by atoms with E-state index < -0.39 is 0 Å². The maximum atomic E-state index is 11.1. The van der Waals surface area contributed by atoms with Crippen molar-refractivity contribution in [2.45, 2.75) is 31.7 Å². The minimum Gasteiger partial charge on any atom is -0.382 e. The summed E-state index contributed by atoms with van der Waals surface area (Å²) in [6.07, 6.45) is 3.15. The molecule has 16 heavy (non-hydrogen) atoms. The fraction of sp³-hybridized carbons (Fsp3) is 0.385. The fourth-order valence-electron chi connectivity index (χ4n) is 2.00. The maximum Gasteiger partial charge on any atom is 0.133 e. The Morgan fingerprint density at radius 3 is 2.75 bits per heavy atom. The van der Waals surface area contributed by atoms with Crippen LogP contribution in [-0.2, 0) is 4.79 Å². The Morgan fingerprint density at radius 2 is 2.06 bits per heavy atom. The quantitative estimate of drug-likeness (QED) is 0.822. The fourth-order valence-corrected chi connectivity index (χ4v) is 2.00. The molecule has 0 saturated heterocycles. The van der Waals surface area contributed by atoms with Gasteiger partial charge in [0.05, 0.1) is 11.6 Å². The van der Waals surface area contributed by atoms with Gasteiger partial charge in [0.1, 0.15) is 5.78 Å². The van der Waals surface area contributed by atoms with E-state index in [1.54, 1.807) is 6.07 Å². The van der Waals surface area contributed by atoms with Crippen molar-refractivity contribution in [3.63, 3.8) is 0 Å². The van der Waals surface area contributed by atoms with Crippen molar-refractivity contribution in [2.75, 3.05) is 5.32 Å². The molecule has 1 saturated carbocycles. The van der Waals surface area contributed by atoms with E-state index in [-0.39, 0.29) is 0 Å². The summed E-state index contributed by atoms with van der Waals surface area (Å²) in [5, 5.41) is 12.2. The van der Waals surface area contributed by atoms with Gasteiger partial charge in [-0.15, -0.1) is 0 Å². The first-order valence-electron chi connectivity index (χ1n) is 5.56. The second-order valence-corrected chi connectivity index (χ2v) is 4.15. The van der Waals surface area contributed by atoms with Gasteiger partial charge in [-0.05, 0) is 31.0 Å². The first kappa shape index (κ1) is 10.7. The van der Waals surface area contributed by atoms with Crippen molar-refractivity contribution in [1.29, 1.82) is 5.26 Å². The Labute approximate surface area is 95.1 Å². The molecule has 1 fully saturated rings. The van der Waals surface area contributed by atoms with Crippen molar-refractivity contribution >= 4 is 11.5 Å². The van der Waals surface area contributed by atoms with Gasteiger partial charge in [0.15, 0.2) is 0 Å². The summed E-state index contributed by atoms with van der Waals surface area (Å²) < 4.78 is 0. The minimum atomic E-state index is 0.365. The van der Waals surface area contributed by atoms with E-state index in [2.05, 4.69) is 11.4 Å². The van der Waals surface area contributed by atoms with Gasteiger partial charge in [0.2, 0.25) is 0 Å². The van der Waals surface area contributed by atoms with Crippen LogP contribution in [0, 0.1) is 11.3 Å². The highest BCUT2D eigenvalue weighted by atomic mass is 16.1. The molecule has 1 aliphatic rings. The number of Topliss-reactive ketones (excluding diaryl/α,β-unsaturated/α-hetero) is 1. The zero-order chi connectivity index (χ0) is 11.4. The number of carbonyl (C=O) groups excluding carboxylic acids is 1. The lowest BCUT2D eigenvalue weighted by Gasteiger charge is -2.23. The predicted octanol–water partition coefficient (Wildman–Crippen LogP) is 2.48. The highest BCUT2D eigenvalue weighted by molar-refractivity contribution is 5.79. The average molecular weight is 214 g/mol. The molecular formula is C13H14N2O. The monoisotopic (exact) mass is 214 g/mol. The highest BCUT2D eigenvalue weighted by Gasteiger charge is 2.18. The number of hydrogen-bond acceptors (Lipinski definition) is 3. The van der Waals surface area contributed by atoms with Crippen LogP contribution in [0.4, 0.5) is 5.69 Å². The molecule has 0 aromatic heterocycles. The summed E-state index contributed by atoms with van der Waals surface area (Å²) in [7, 11) is 0. The van der Waals surface area contributed by atoms with Crippen LogP contribution >= 0.6 is 0 Å². The molecule has 1 N–H and O–H groups in total. The third-order valence-electron chi connectivity index (χ3n) is 2.91. The van der Waals surface area contributed by atoms with Crippen molar-refractivity contribution in [3.05, 3.63) is 29.8 Å². The first-order chi connectivity index (χ1) is 7.78. The number of ketones is 1. The lowest BCUT2D eigenvalue weighted by Crippen LogP contribution is -2.25. The average Bonchev–Trinajstić information content (AvgIpc) is 2.32. The Balaban J connectivity index is 1.98. The molecule has 82 valence electrons.